The van der Waals surface area contributed by atoms with Gasteiger partial charge in [0.2, 0.25) is 0 Å². The molecule has 1 aromatic carbocycles. The molecule has 1 heterocycles. The second-order valence-electron chi connectivity index (χ2n) is 4.51. The van der Waals surface area contributed by atoms with Crippen molar-refractivity contribution in [1.29, 1.82) is 0 Å². The van der Waals surface area contributed by atoms with Crippen molar-refractivity contribution in [3.63, 3.8) is 0 Å². The van der Waals surface area contributed by atoms with E-state index in [4.69, 9.17) is 0 Å². The first kappa shape index (κ1) is 13.9. The van der Waals surface area contributed by atoms with Gasteiger partial charge in [-0.15, -0.1) is 13.2 Å². The second kappa shape index (κ2) is 5.61. The van der Waals surface area contributed by atoms with Crippen molar-refractivity contribution >= 4 is 5.78 Å². The quantitative estimate of drug-likeness (QED) is 0.848. The number of likely N-dealkylation sites (tertiary alicyclic amines) is 1. The van der Waals surface area contributed by atoms with Gasteiger partial charge < -0.3 is 4.74 Å². The highest BCUT2D eigenvalue weighted by molar-refractivity contribution is 5.79. The van der Waals surface area contributed by atoms with Crippen LogP contribution in [0.2, 0.25) is 0 Å². The Labute approximate surface area is 109 Å². The summed E-state index contributed by atoms with van der Waals surface area (Å²) in [6.45, 7) is 2.05. The molecule has 1 fully saturated rings. The molecular weight excluding hydrogens is 259 g/mol. The van der Waals surface area contributed by atoms with Crippen LogP contribution < -0.4 is 4.74 Å². The number of nitrogens with zero attached hydrogens (tertiary/aromatic N) is 1. The minimum absolute atomic E-state index is 0.218. The normalized spacial score (nSPS) is 17.5. The first-order chi connectivity index (χ1) is 8.92. The molecular formula is C13H14F3NO2. The fourth-order valence-corrected chi connectivity index (χ4v) is 2.02. The van der Waals surface area contributed by atoms with Gasteiger partial charge in [0, 0.05) is 32.5 Å². The van der Waals surface area contributed by atoms with E-state index in [1.807, 2.05) is 0 Å². The highest BCUT2D eigenvalue weighted by Crippen LogP contribution is 2.23. The van der Waals surface area contributed by atoms with Gasteiger partial charge in [0.05, 0.1) is 0 Å². The minimum atomic E-state index is -4.66. The highest BCUT2D eigenvalue weighted by atomic mass is 19.4. The predicted octanol–water partition coefficient (Wildman–Crippen LogP) is 2.75. The van der Waals surface area contributed by atoms with Crippen LogP contribution in [0.15, 0.2) is 24.3 Å². The Morgan fingerprint density at radius 3 is 2.21 bits per heavy atom. The van der Waals surface area contributed by atoms with Crippen molar-refractivity contribution in [2.24, 2.45) is 0 Å². The summed E-state index contributed by atoms with van der Waals surface area (Å²) in [5.74, 6) is 0.0512. The molecule has 1 aliphatic heterocycles. The molecule has 0 aliphatic carbocycles. The van der Waals surface area contributed by atoms with Crippen LogP contribution in [0.5, 0.6) is 5.75 Å². The largest absolute Gasteiger partial charge is 0.573 e. The molecule has 0 atom stereocenters. The van der Waals surface area contributed by atoms with Crippen molar-refractivity contribution in [1.82, 2.24) is 4.90 Å². The van der Waals surface area contributed by atoms with E-state index in [9.17, 15) is 18.0 Å². The maximum atomic E-state index is 12.0. The topological polar surface area (TPSA) is 29.5 Å². The van der Waals surface area contributed by atoms with Crippen LogP contribution in [0, 0.1) is 0 Å². The van der Waals surface area contributed by atoms with Gasteiger partial charge in [-0.25, -0.2) is 0 Å². The first-order valence-corrected chi connectivity index (χ1v) is 6.01. The van der Waals surface area contributed by atoms with Crippen LogP contribution in [0.1, 0.15) is 18.4 Å². The summed E-state index contributed by atoms with van der Waals surface area (Å²) < 4.78 is 39.8. The number of hydrogen-bond donors (Lipinski definition) is 0. The van der Waals surface area contributed by atoms with Gasteiger partial charge in [0.25, 0.3) is 0 Å². The lowest BCUT2D eigenvalue weighted by Gasteiger charge is -2.25. The van der Waals surface area contributed by atoms with E-state index in [1.165, 1.54) is 12.1 Å². The molecule has 0 N–H and O–H groups in total. The molecule has 0 spiro atoms. The number of piperidine rings is 1. The predicted molar refractivity (Wildman–Crippen MR) is 62.6 cm³/mol. The smallest absolute Gasteiger partial charge is 0.406 e. The van der Waals surface area contributed by atoms with Crippen molar-refractivity contribution < 1.29 is 22.7 Å². The van der Waals surface area contributed by atoms with E-state index in [2.05, 4.69) is 9.64 Å². The van der Waals surface area contributed by atoms with E-state index in [-0.39, 0.29) is 11.5 Å². The third-order valence-corrected chi connectivity index (χ3v) is 2.98. The molecule has 1 aromatic rings. The average Bonchev–Trinajstić information content (AvgIpc) is 2.33. The number of ether oxygens (including phenoxy) is 1. The number of carbonyl (C=O) groups is 1. The Bertz CT molecular complexity index is 432. The van der Waals surface area contributed by atoms with Gasteiger partial charge in [0.15, 0.2) is 0 Å². The maximum Gasteiger partial charge on any atom is 0.573 e. The van der Waals surface area contributed by atoms with Crippen molar-refractivity contribution in [3.8, 4) is 5.75 Å². The van der Waals surface area contributed by atoms with E-state index in [1.54, 1.807) is 12.1 Å². The summed E-state index contributed by atoms with van der Waals surface area (Å²) in [5, 5.41) is 0. The molecule has 104 valence electrons. The van der Waals surface area contributed by atoms with Crippen LogP contribution in [0.25, 0.3) is 0 Å². The Morgan fingerprint density at radius 2 is 1.68 bits per heavy atom. The lowest BCUT2D eigenvalue weighted by molar-refractivity contribution is -0.274. The Morgan fingerprint density at radius 1 is 1.11 bits per heavy atom. The first-order valence-electron chi connectivity index (χ1n) is 6.01. The number of Topliss-reactive ketones (excluding diaryl/α,β-unsaturated/α-hetero) is 1. The van der Waals surface area contributed by atoms with E-state index >= 15 is 0 Å². The molecule has 0 unspecified atom stereocenters. The third-order valence-electron chi connectivity index (χ3n) is 2.98. The molecule has 0 radical (unpaired) electrons. The summed E-state index contributed by atoms with van der Waals surface area (Å²) in [6, 6.07) is 5.82. The van der Waals surface area contributed by atoms with Crippen LogP contribution >= 0.6 is 0 Å². The number of benzene rings is 1. The number of alkyl halides is 3. The van der Waals surface area contributed by atoms with Crippen molar-refractivity contribution in [3.05, 3.63) is 29.8 Å². The van der Waals surface area contributed by atoms with E-state index < -0.39 is 6.36 Å². The van der Waals surface area contributed by atoms with Crippen molar-refractivity contribution in [2.75, 3.05) is 13.1 Å². The molecule has 2 rings (SSSR count). The fourth-order valence-electron chi connectivity index (χ4n) is 2.02. The van der Waals surface area contributed by atoms with E-state index in [0.29, 0.717) is 32.5 Å². The molecule has 0 amide bonds. The lowest BCUT2D eigenvalue weighted by atomic mass is 10.1. The summed E-state index contributed by atoms with van der Waals surface area (Å²) in [7, 11) is 0. The van der Waals surface area contributed by atoms with Gasteiger partial charge >= 0.3 is 6.36 Å². The van der Waals surface area contributed by atoms with Crippen LogP contribution in [0.4, 0.5) is 13.2 Å². The Balaban J connectivity index is 1.90. The lowest BCUT2D eigenvalue weighted by Crippen LogP contribution is -2.33. The zero-order valence-corrected chi connectivity index (χ0v) is 10.2. The summed E-state index contributed by atoms with van der Waals surface area (Å²) in [4.78, 5) is 13.2. The second-order valence-corrected chi connectivity index (χ2v) is 4.51. The van der Waals surface area contributed by atoms with E-state index in [0.717, 1.165) is 5.56 Å². The summed E-state index contributed by atoms with van der Waals surface area (Å²) in [6.07, 6.45) is -3.56. The van der Waals surface area contributed by atoms with Crippen LogP contribution in [-0.2, 0) is 11.3 Å². The maximum absolute atomic E-state index is 12.0. The number of halogens is 3. The minimum Gasteiger partial charge on any atom is -0.406 e. The Kier molecular flexibility index (Phi) is 4.09. The molecule has 3 nitrogen and oxygen atoms in total. The summed E-state index contributed by atoms with van der Waals surface area (Å²) in [5.41, 5.74) is 0.906. The van der Waals surface area contributed by atoms with Gasteiger partial charge in [-0.05, 0) is 17.7 Å². The number of rotatable bonds is 3. The molecule has 19 heavy (non-hydrogen) atoms. The zero-order valence-electron chi connectivity index (χ0n) is 10.2. The molecule has 0 aromatic heterocycles. The Hall–Kier alpha value is -1.56. The van der Waals surface area contributed by atoms with Crippen LogP contribution in [0.3, 0.4) is 0 Å². The van der Waals surface area contributed by atoms with Gasteiger partial charge in [-0.3, -0.25) is 9.69 Å². The molecule has 1 saturated heterocycles. The fraction of sp³-hybridized carbons (Fsp3) is 0.462. The van der Waals surface area contributed by atoms with Gasteiger partial charge in [-0.2, -0.15) is 0 Å². The zero-order chi connectivity index (χ0) is 13.9. The standard InChI is InChI=1S/C13H14F3NO2/c14-13(15,16)19-12-3-1-10(2-4-12)9-17-7-5-11(18)6-8-17/h1-4H,5-9H2. The number of ketones is 1. The number of hydrogen-bond acceptors (Lipinski definition) is 3. The molecule has 1 aliphatic rings. The SMILES string of the molecule is O=C1CCN(Cc2ccc(OC(F)(F)F)cc2)CC1. The average molecular weight is 273 g/mol. The monoisotopic (exact) mass is 273 g/mol. The van der Waals surface area contributed by atoms with Gasteiger partial charge in [0.1, 0.15) is 11.5 Å². The molecule has 0 bridgehead atoms. The third kappa shape index (κ3) is 4.55. The number of carbonyl (C=O) groups excluding carboxylic acids is 1. The molecule has 6 heteroatoms. The van der Waals surface area contributed by atoms with Gasteiger partial charge in [-0.1, -0.05) is 12.1 Å². The summed E-state index contributed by atoms with van der Waals surface area (Å²) >= 11 is 0. The van der Waals surface area contributed by atoms with Crippen molar-refractivity contribution in [2.45, 2.75) is 25.7 Å². The molecule has 0 saturated carbocycles. The highest BCUT2D eigenvalue weighted by Gasteiger charge is 2.30. The van der Waals surface area contributed by atoms with Crippen LogP contribution in [-0.4, -0.2) is 30.1 Å².